The molecule has 2 heterocycles. The van der Waals surface area contributed by atoms with Crippen molar-refractivity contribution in [2.75, 3.05) is 6.61 Å². The first-order chi connectivity index (χ1) is 8.27. The summed E-state index contributed by atoms with van der Waals surface area (Å²) in [6.07, 6.45) is 6.30. The molecular formula is C11H11N3O3. The highest BCUT2D eigenvalue weighted by molar-refractivity contribution is 5.90. The van der Waals surface area contributed by atoms with Crippen molar-refractivity contribution in [3.05, 3.63) is 42.5 Å². The summed E-state index contributed by atoms with van der Waals surface area (Å²) in [5.41, 5.74) is 0.112. The monoisotopic (exact) mass is 233 g/mol. The third-order valence-electron chi connectivity index (χ3n) is 2.15. The summed E-state index contributed by atoms with van der Waals surface area (Å²) < 4.78 is 7.07. The largest absolute Gasteiger partial charge is 0.489 e. The van der Waals surface area contributed by atoms with Crippen molar-refractivity contribution in [3.63, 3.8) is 0 Å². The second-order valence-corrected chi connectivity index (χ2v) is 3.29. The van der Waals surface area contributed by atoms with Crippen LogP contribution in [0.5, 0.6) is 5.75 Å². The lowest BCUT2D eigenvalue weighted by molar-refractivity contribution is 0.0692. The fourth-order valence-electron chi connectivity index (χ4n) is 1.35. The number of hydrogen-bond donors (Lipinski definition) is 1. The van der Waals surface area contributed by atoms with Crippen molar-refractivity contribution in [1.29, 1.82) is 0 Å². The Morgan fingerprint density at radius 2 is 2.35 bits per heavy atom. The minimum absolute atomic E-state index is 0.112. The number of carbonyl (C=O) groups is 1. The van der Waals surface area contributed by atoms with Crippen molar-refractivity contribution in [3.8, 4) is 5.75 Å². The predicted molar refractivity (Wildman–Crippen MR) is 58.9 cm³/mol. The third-order valence-corrected chi connectivity index (χ3v) is 2.15. The van der Waals surface area contributed by atoms with E-state index in [4.69, 9.17) is 9.84 Å². The standard InChI is InChI=1S/C11H11N3O3/c15-11(16)9-2-4-12-8-10(9)17-7-6-14-5-1-3-13-14/h1-5,8H,6-7H2,(H,15,16). The molecule has 6 heteroatoms. The minimum Gasteiger partial charge on any atom is -0.489 e. The Kier molecular flexibility index (Phi) is 3.34. The van der Waals surface area contributed by atoms with Gasteiger partial charge in [-0.2, -0.15) is 5.10 Å². The highest BCUT2D eigenvalue weighted by Gasteiger charge is 2.10. The van der Waals surface area contributed by atoms with Gasteiger partial charge < -0.3 is 9.84 Å². The van der Waals surface area contributed by atoms with Gasteiger partial charge in [-0.3, -0.25) is 9.67 Å². The zero-order valence-corrected chi connectivity index (χ0v) is 8.98. The van der Waals surface area contributed by atoms with Crippen LogP contribution in [-0.2, 0) is 6.54 Å². The lowest BCUT2D eigenvalue weighted by Crippen LogP contribution is -2.10. The Hall–Kier alpha value is -2.37. The van der Waals surface area contributed by atoms with Crippen LogP contribution in [0.15, 0.2) is 36.9 Å². The number of rotatable bonds is 5. The van der Waals surface area contributed by atoms with Crippen molar-refractivity contribution in [2.24, 2.45) is 0 Å². The zero-order chi connectivity index (χ0) is 12.1. The van der Waals surface area contributed by atoms with Crippen LogP contribution in [0.4, 0.5) is 0 Å². The zero-order valence-electron chi connectivity index (χ0n) is 8.98. The lowest BCUT2D eigenvalue weighted by atomic mass is 10.2. The van der Waals surface area contributed by atoms with Gasteiger partial charge in [-0.15, -0.1) is 0 Å². The fourth-order valence-corrected chi connectivity index (χ4v) is 1.35. The van der Waals surface area contributed by atoms with Gasteiger partial charge in [0.1, 0.15) is 12.2 Å². The molecule has 0 aliphatic heterocycles. The summed E-state index contributed by atoms with van der Waals surface area (Å²) in [7, 11) is 0. The van der Waals surface area contributed by atoms with E-state index in [-0.39, 0.29) is 11.3 Å². The van der Waals surface area contributed by atoms with Crippen LogP contribution in [0.1, 0.15) is 10.4 Å². The summed E-state index contributed by atoms with van der Waals surface area (Å²) in [5.74, 6) is -0.756. The van der Waals surface area contributed by atoms with Gasteiger partial charge in [-0.25, -0.2) is 4.79 Å². The van der Waals surface area contributed by atoms with Gasteiger partial charge in [0.05, 0.1) is 12.7 Å². The van der Waals surface area contributed by atoms with Crippen molar-refractivity contribution >= 4 is 5.97 Å². The van der Waals surface area contributed by atoms with Crippen LogP contribution < -0.4 is 4.74 Å². The van der Waals surface area contributed by atoms with Crippen LogP contribution in [0.3, 0.4) is 0 Å². The predicted octanol–water partition coefficient (Wildman–Crippen LogP) is 1.06. The number of carboxylic acid groups (broad SMARTS) is 1. The lowest BCUT2D eigenvalue weighted by Gasteiger charge is -2.08. The summed E-state index contributed by atoms with van der Waals surface area (Å²) in [6.45, 7) is 0.897. The van der Waals surface area contributed by atoms with E-state index in [0.717, 1.165) is 0 Å². The molecule has 0 fully saturated rings. The van der Waals surface area contributed by atoms with Gasteiger partial charge in [0.2, 0.25) is 0 Å². The molecule has 0 aliphatic rings. The molecular weight excluding hydrogens is 222 g/mol. The number of ether oxygens (including phenoxy) is 1. The van der Waals surface area contributed by atoms with Gasteiger partial charge in [-0.05, 0) is 12.1 Å². The SMILES string of the molecule is O=C(O)c1ccncc1OCCn1cccn1. The molecule has 2 rings (SSSR count). The molecule has 6 nitrogen and oxygen atoms in total. The number of nitrogens with zero attached hydrogens (tertiary/aromatic N) is 3. The van der Waals surface area contributed by atoms with Crippen molar-refractivity contribution < 1.29 is 14.6 Å². The molecule has 0 aromatic carbocycles. The molecule has 0 unspecified atom stereocenters. The Labute approximate surface area is 97.5 Å². The molecule has 1 N–H and O–H groups in total. The van der Waals surface area contributed by atoms with Gasteiger partial charge >= 0.3 is 5.97 Å². The second-order valence-electron chi connectivity index (χ2n) is 3.29. The summed E-state index contributed by atoms with van der Waals surface area (Å²) >= 11 is 0. The average molecular weight is 233 g/mol. The van der Waals surface area contributed by atoms with E-state index >= 15 is 0 Å². The highest BCUT2D eigenvalue weighted by Crippen LogP contribution is 2.15. The van der Waals surface area contributed by atoms with E-state index < -0.39 is 5.97 Å². The molecule has 2 aromatic heterocycles. The number of carboxylic acids is 1. The average Bonchev–Trinajstić information content (AvgIpc) is 2.82. The normalized spacial score (nSPS) is 10.1. The molecule has 17 heavy (non-hydrogen) atoms. The quantitative estimate of drug-likeness (QED) is 0.835. The molecule has 0 aliphatic carbocycles. The van der Waals surface area contributed by atoms with Crippen LogP contribution in [0, 0.1) is 0 Å². The first-order valence-corrected chi connectivity index (χ1v) is 5.05. The summed E-state index contributed by atoms with van der Waals surface area (Å²) in [6, 6.07) is 3.22. The Bertz CT molecular complexity index is 496. The minimum atomic E-state index is -1.03. The molecule has 0 saturated heterocycles. The molecule has 0 bridgehead atoms. The number of aromatic nitrogens is 3. The van der Waals surface area contributed by atoms with Gasteiger partial charge in [0.15, 0.2) is 5.75 Å². The Morgan fingerprint density at radius 3 is 3.06 bits per heavy atom. The highest BCUT2D eigenvalue weighted by atomic mass is 16.5. The number of pyridine rings is 1. The number of hydrogen-bond acceptors (Lipinski definition) is 4. The molecule has 0 amide bonds. The second kappa shape index (κ2) is 5.11. The van der Waals surface area contributed by atoms with E-state index in [1.807, 2.05) is 12.3 Å². The molecule has 0 atom stereocenters. The van der Waals surface area contributed by atoms with E-state index in [1.54, 1.807) is 10.9 Å². The van der Waals surface area contributed by atoms with E-state index in [2.05, 4.69) is 10.1 Å². The maximum atomic E-state index is 10.9. The Morgan fingerprint density at radius 1 is 1.47 bits per heavy atom. The summed E-state index contributed by atoms with van der Waals surface area (Å²) in [5, 5.41) is 12.9. The maximum Gasteiger partial charge on any atom is 0.339 e. The smallest absolute Gasteiger partial charge is 0.339 e. The van der Waals surface area contributed by atoms with Crippen LogP contribution in [0.25, 0.3) is 0 Å². The van der Waals surface area contributed by atoms with Gasteiger partial charge in [0, 0.05) is 18.6 Å². The molecule has 88 valence electrons. The maximum absolute atomic E-state index is 10.9. The fraction of sp³-hybridized carbons (Fsp3) is 0.182. The van der Waals surface area contributed by atoms with Crippen LogP contribution in [0.2, 0.25) is 0 Å². The van der Waals surface area contributed by atoms with E-state index in [0.29, 0.717) is 13.2 Å². The van der Waals surface area contributed by atoms with Crippen LogP contribution >= 0.6 is 0 Å². The van der Waals surface area contributed by atoms with Gasteiger partial charge in [0.25, 0.3) is 0 Å². The van der Waals surface area contributed by atoms with E-state index in [9.17, 15) is 4.79 Å². The first-order valence-electron chi connectivity index (χ1n) is 5.05. The van der Waals surface area contributed by atoms with Crippen molar-refractivity contribution in [2.45, 2.75) is 6.54 Å². The molecule has 0 spiro atoms. The Balaban J connectivity index is 1.97. The topological polar surface area (TPSA) is 77.2 Å². The van der Waals surface area contributed by atoms with Gasteiger partial charge in [-0.1, -0.05) is 0 Å². The number of aromatic carboxylic acids is 1. The van der Waals surface area contributed by atoms with Crippen LogP contribution in [-0.4, -0.2) is 32.4 Å². The summed E-state index contributed by atoms with van der Waals surface area (Å²) in [4.78, 5) is 14.7. The van der Waals surface area contributed by atoms with Crippen molar-refractivity contribution in [1.82, 2.24) is 14.8 Å². The first kappa shape index (κ1) is 11.1. The van der Waals surface area contributed by atoms with E-state index in [1.165, 1.54) is 18.5 Å². The molecule has 2 aromatic rings. The third kappa shape index (κ3) is 2.81. The molecule has 0 saturated carbocycles. The molecule has 0 radical (unpaired) electrons.